The molecule has 1 heterocycles. The minimum absolute atomic E-state index is 1.04. The molecule has 0 aliphatic heterocycles. The highest BCUT2D eigenvalue weighted by Gasteiger charge is 2.17. The van der Waals surface area contributed by atoms with Gasteiger partial charge in [-0.2, -0.15) is 0 Å². The highest BCUT2D eigenvalue weighted by Crippen LogP contribution is 2.11. The molecule has 2 rings (SSSR count). The zero-order valence-electron chi connectivity index (χ0n) is 16.4. The number of unbranched alkanes of at least 4 members (excludes halogenated alkanes) is 7. The monoisotopic (exact) mass is 341 g/mol. The molecule has 2 nitrogen and oxygen atoms in total. The second kappa shape index (κ2) is 11.9. The third-order valence-electron chi connectivity index (χ3n) is 5.05. The van der Waals surface area contributed by atoms with Crippen LogP contribution in [0.5, 0.6) is 0 Å². The molecule has 0 bridgehead atoms. The molecule has 0 N–H and O–H groups in total. The van der Waals surface area contributed by atoms with Crippen LogP contribution in [0.25, 0.3) is 0 Å². The summed E-state index contributed by atoms with van der Waals surface area (Å²) in [5.74, 6) is 1.46. The molecule has 0 spiro atoms. The van der Waals surface area contributed by atoms with Gasteiger partial charge in [-0.1, -0.05) is 82.7 Å². The molecule has 2 aromatic rings. The Labute approximate surface area is 154 Å². The molecule has 1 aromatic heterocycles. The molecule has 25 heavy (non-hydrogen) atoms. The number of hydrogen-bond donors (Lipinski definition) is 0. The SMILES string of the molecule is CCCCCCCCCn1cc[n+](CCCC)c1Cc1ccccc1. The van der Waals surface area contributed by atoms with Crippen molar-refractivity contribution in [3.63, 3.8) is 0 Å². The largest absolute Gasteiger partial charge is 0.260 e. The molecule has 0 saturated heterocycles. The van der Waals surface area contributed by atoms with E-state index in [4.69, 9.17) is 0 Å². The van der Waals surface area contributed by atoms with Gasteiger partial charge in [0.05, 0.1) is 19.5 Å². The third-order valence-corrected chi connectivity index (χ3v) is 5.05. The average Bonchev–Trinajstić information content (AvgIpc) is 3.02. The van der Waals surface area contributed by atoms with E-state index in [-0.39, 0.29) is 0 Å². The standard InChI is InChI=1S/C23H37N2/c1-3-5-7-8-9-10-14-18-25-20-19-24(17-6-4-2)23(25)21-22-15-12-11-13-16-22/h11-13,15-16,19-20H,3-10,14,17-18,21H2,1-2H3/q+1. The summed E-state index contributed by atoms with van der Waals surface area (Å²) >= 11 is 0. The maximum Gasteiger partial charge on any atom is 0.260 e. The fourth-order valence-corrected chi connectivity index (χ4v) is 3.45. The van der Waals surface area contributed by atoms with Crippen LogP contribution in [-0.4, -0.2) is 4.57 Å². The molecule has 0 aliphatic carbocycles. The van der Waals surface area contributed by atoms with Crippen LogP contribution in [0.4, 0.5) is 0 Å². The number of rotatable bonds is 13. The van der Waals surface area contributed by atoms with Gasteiger partial charge >= 0.3 is 0 Å². The summed E-state index contributed by atoms with van der Waals surface area (Å²) < 4.78 is 4.96. The first-order valence-corrected chi connectivity index (χ1v) is 10.5. The van der Waals surface area contributed by atoms with E-state index in [0.29, 0.717) is 0 Å². The molecule has 1 aromatic carbocycles. The van der Waals surface area contributed by atoms with Crippen molar-refractivity contribution in [2.24, 2.45) is 0 Å². The second-order valence-corrected chi connectivity index (χ2v) is 7.24. The normalized spacial score (nSPS) is 11.1. The Morgan fingerprint density at radius 3 is 2.20 bits per heavy atom. The number of aromatic nitrogens is 2. The van der Waals surface area contributed by atoms with E-state index in [1.54, 1.807) is 0 Å². The van der Waals surface area contributed by atoms with Crippen molar-refractivity contribution in [3.8, 4) is 0 Å². The quantitative estimate of drug-likeness (QED) is 0.316. The summed E-state index contributed by atoms with van der Waals surface area (Å²) in [4.78, 5) is 0. The second-order valence-electron chi connectivity index (χ2n) is 7.24. The maximum atomic E-state index is 2.49. The highest BCUT2D eigenvalue weighted by atomic mass is 15.1. The van der Waals surface area contributed by atoms with Crippen molar-refractivity contribution >= 4 is 0 Å². The van der Waals surface area contributed by atoms with E-state index in [0.717, 1.165) is 19.5 Å². The van der Waals surface area contributed by atoms with Crippen LogP contribution >= 0.6 is 0 Å². The van der Waals surface area contributed by atoms with Crippen LogP contribution in [0.3, 0.4) is 0 Å². The molecule has 138 valence electrons. The highest BCUT2D eigenvalue weighted by molar-refractivity contribution is 5.18. The van der Waals surface area contributed by atoms with E-state index >= 15 is 0 Å². The predicted octanol–water partition coefficient (Wildman–Crippen LogP) is 5.92. The lowest BCUT2D eigenvalue weighted by Crippen LogP contribution is -2.37. The third kappa shape index (κ3) is 7.05. The number of imidazole rings is 1. The van der Waals surface area contributed by atoms with Gasteiger partial charge in [0, 0.05) is 0 Å². The van der Waals surface area contributed by atoms with Crippen LogP contribution in [0.15, 0.2) is 42.7 Å². The Morgan fingerprint density at radius 1 is 0.800 bits per heavy atom. The summed E-state index contributed by atoms with van der Waals surface area (Å²) in [6.07, 6.45) is 17.7. The van der Waals surface area contributed by atoms with Gasteiger partial charge in [-0.05, 0) is 24.8 Å². The Hall–Kier alpha value is -1.57. The fourth-order valence-electron chi connectivity index (χ4n) is 3.45. The number of aryl methyl sites for hydroxylation is 2. The van der Waals surface area contributed by atoms with E-state index in [1.165, 1.54) is 69.2 Å². The number of nitrogens with zero attached hydrogens (tertiary/aromatic N) is 2. The Bertz CT molecular complexity index is 571. The molecule has 0 saturated carbocycles. The minimum Gasteiger partial charge on any atom is -0.234 e. The molecule has 0 atom stereocenters. The first-order valence-electron chi connectivity index (χ1n) is 10.5. The maximum absolute atomic E-state index is 2.49. The fraction of sp³-hybridized carbons (Fsp3) is 0.609. The van der Waals surface area contributed by atoms with E-state index in [9.17, 15) is 0 Å². The minimum atomic E-state index is 1.04. The Kier molecular flexibility index (Phi) is 9.40. The van der Waals surface area contributed by atoms with Gasteiger partial charge in [-0.15, -0.1) is 0 Å². The molecule has 0 aliphatic rings. The van der Waals surface area contributed by atoms with Crippen LogP contribution in [-0.2, 0) is 19.5 Å². The summed E-state index contributed by atoms with van der Waals surface area (Å²) in [5.41, 5.74) is 1.41. The summed E-state index contributed by atoms with van der Waals surface area (Å²) in [6, 6.07) is 10.9. The lowest BCUT2D eigenvalue weighted by atomic mass is 10.1. The molecule has 0 fully saturated rings. The van der Waals surface area contributed by atoms with Crippen molar-refractivity contribution in [3.05, 3.63) is 54.1 Å². The summed E-state index contributed by atoms with van der Waals surface area (Å²) in [5, 5.41) is 0. The number of benzene rings is 1. The van der Waals surface area contributed by atoms with Crippen molar-refractivity contribution in [2.75, 3.05) is 0 Å². The first kappa shape index (κ1) is 19.8. The van der Waals surface area contributed by atoms with E-state index in [2.05, 4.69) is 65.7 Å². The van der Waals surface area contributed by atoms with Gasteiger partial charge in [-0.25, -0.2) is 9.13 Å². The molecular formula is C23H37N2+. The zero-order chi connectivity index (χ0) is 17.7. The van der Waals surface area contributed by atoms with Crippen LogP contribution in [0.2, 0.25) is 0 Å². The lowest BCUT2D eigenvalue weighted by Gasteiger charge is -2.06. The Balaban J connectivity index is 1.91. The molecule has 0 amide bonds. The summed E-state index contributed by atoms with van der Waals surface area (Å²) in [6.45, 7) is 6.86. The predicted molar refractivity (Wildman–Crippen MR) is 107 cm³/mol. The van der Waals surface area contributed by atoms with Crippen molar-refractivity contribution in [2.45, 2.75) is 91.1 Å². The van der Waals surface area contributed by atoms with Gasteiger partial charge in [0.2, 0.25) is 0 Å². The van der Waals surface area contributed by atoms with Gasteiger partial charge in [0.1, 0.15) is 12.4 Å². The van der Waals surface area contributed by atoms with Crippen molar-refractivity contribution in [1.29, 1.82) is 0 Å². The van der Waals surface area contributed by atoms with Gasteiger partial charge in [0.25, 0.3) is 5.82 Å². The van der Waals surface area contributed by atoms with Crippen LogP contribution < -0.4 is 4.57 Å². The van der Waals surface area contributed by atoms with Gasteiger partial charge in [-0.3, -0.25) is 0 Å². The lowest BCUT2D eigenvalue weighted by molar-refractivity contribution is -0.703. The first-order chi connectivity index (χ1) is 12.3. The van der Waals surface area contributed by atoms with E-state index < -0.39 is 0 Å². The molecule has 2 heteroatoms. The topological polar surface area (TPSA) is 8.81 Å². The average molecular weight is 342 g/mol. The van der Waals surface area contributed by atoms with Gasteiger partial charge < -0.3 is 0 Å². The molecule has 0 unspecified atom stereocenters. The number of hydrogen-bond acceptors (Lipinski definition) is 0. The molecular weight excluding hydrogens is 304 g/mol. The molecule has 0 radical (unpaired) electrons. The summed E-state index contributed by atoms with van der Waals surface area (Å²) in [7, 11) is 0. The van der Waals surface area contributed by atoms with Crippen LogP contribution in [0.1, 0.15) is 83.0 Å². The zero-order valence-corrected chi connectivity index (χ0v) is 16.4. The van der Waals surface area contributed by atoms with Gasteiger partial charge in [0.15, 0.2) is 0 Å². The van der Waals surface area contributed by atoms with Crippen molar-refractivity contribution in [1.82, 2.24) is 4.57 Å². The smallest absolute Gasteiger partial charge is 0.234 e. The van der Waals surface area contributed by atoms with Crippen molar-refractivity contribution < 1.29 is 4.57 Å². The van der Waals surface area contributed by atoms with Crippen LogP contribution in [0, 0.1) is 0 Å². The Morgan fingerprint density at radius 2 is 1.48 bits per heavy atom. The van der Waals surface area contributed by atoms with E-state index in [1.807, 2.05) is 0 Å².